The molecule has 2 atom stereocenters. The van der Waals surface area contributed by atoms with Crippen molar-refractivity contribution >= 4 is 33.1 Å². The van der Waals surface area contributed by atoms with Gasteiger partial charge in [0.1, 0.15) is 11.6 Å². The fraction of sp³-hybridized carbons (Fsp3) is 0.588. The highest BCUT2D eigenvalue weighted by atomic mass is 35.5. The van der Waals surface area contributed by atoms with E-state index in [4.69, 9.17) is 22.4 Å². The molecular formula is C17H25ClN6O3S. The van der Waals surface area contributed by atoms with Gasteiger partial charge in [0.15, 0.2) is 0 Å². The lowest BCUT2D eigenvalue weighted by Gasteiger charge is -2.27. The largest absolute Gasteiger partial charge is 0.392 e. The second-order valence-electron chi connectivity index (χ2n) is 6.83. The summed E-state index contributed by atoms with van der Waals surface area (Å²) >= 11 is 6.15. The van der Waals surface area contributed by atoms with Crippen LogP contribution in [-0.2, 0) is 10.0 Å². The van der Waals surface area contributed by atoms with Crippen LogP contribution in [0.5, 0.6) is 0 Å². The summed E-state index contributed by atoms with van der Waals surface area (Å²) in [4.78, 5) is 3.89. The first-order valence-electron chi connectivity index (χ1n) is 8.96. The van der Waals surface area contributed by atoms with E-state index in [1.54, 1.807) is 4.52 Å². The number of aliphatic hydroxyl groups excluding tert-OH is 1. The molecule has 1 aliphatic rings. The summed E-state index contributed by atoms with van der Waals surface area (Å²) in [5.74, 6) is 0.345. The maximum Gasteiger partial charge on any atom is 0.238 e. The van der Waals surface area contributed by atoms with E-state index in [0.717, 1.165) is 18.5 Å². The number of nitrogens with zero attached hydrogens (tertiary/aromatic N) is 5. The Morgan fingerprint density at radius 2 is 2.21 bits per heavy atom. The molecule has 3 rings (SSSR count). The van der Waals surface area contributed by atoms with Gasteiger partial charge in [-0.25, -0.2) is 17.9 Å². The van der Waals surface area contributed by atoms with Crippen LogP contribution in [0.25, 0.3) is 5.52 Å². The number of nitriles is 1. The number of anilines is 1. The lowest BCUT2D eigenvalue weighted by atomic mass is 10.0. The number of sulfonamides is 1. The van der Waals surface area contributed by atoms with Gasteiger partial charge in [0.2, 0.25) is 16.0 Å². The number of fused-ring (bicyclic) bond motifs is 1. The van der Waals surface area contributed by atoms with Gasteiger partial charge in [0, 0.05) is 13.1 Å². The minimum atomic E-state index is -3.09. The van der Waals surface area contributed by atoms with E-state index in [1.807, 2.05) is 13.8 Å². The molecule has 11 heteroatoms. The van der Waals surface area contributed by atoms with Crippen LogP contribution in [-0.4, -0.2) is 57.9 Å². The van der Waals surface area contributed by atoms with Gasteiger partial charge >= 0.3 is 0 Å². The number of rotatable bonds is 3. The zero-order valence-electron chi connectivity index (χ0n) is 16.1. The Hall–Kier alpha value is -1.93. The number of hydrogen-bond acceptors (Lipinski definition) is 7. The fourth-order valence-electron chi connectivity index (χ4n) is 3.02. The van der Waals surface area contributed by atoms with Gasteiger partial charge in [-0.3, -0.25) is 0 Å². The predicted octanol–water partition coefficient (Wildman–Crippen LogP) is 1.75. The Morgan fingerprint density at radius 3 is 2.71 bits per heavy atom. The van der Waals surface area contributed by atoms with Gasteiger partial charge in [0.05, 0.1) is 34.8 Å². The van der Waals surface area contributed by atoms with Crippen LogP contribution in [0, 0.1) is 11.3 Å². The summed E-state index contributed by atoms with van der Waals surface area (Å²) < 4.78 is 24.8. The van der Waals surface area contributed by atoms with Gasteiger partial charge in [-0.1, -0.05) is 25.4 Å². The first-order valence-corrected chi connectivity index (χ1v) is 11.2. The van der Waals surface area contributed by atoms with E-state index in [2.05, 4.69) is 16.2 Å². The van der Waals surface area contributed by atoms with Crippen molar-refractivity contribution in [2.45, 2.75) is 45.1 Å². The Morgan fingerprint density at radius 1 is 1.54 bits per heavy atom. The van der Waals surface area contributed by atoms with Crippen molar-refractivity contribution < 1.29 is 13.5 Å². The number of β-amino-alcohol motifs (C(OH)–C–C–N with tert-alkyl or cyclic N) is 1. The minimum Gasteiger partial charge on any atom is -0.392 e. The summed E-state index contributed by atoms with van der Waals surface area (Å²) in [5.41, 5.74) is 7.44. The molecule has 3 N–H and O–H groups in total. The van der Waals surface area contributed by atoms with E-state index < -0.39 is 16.1 Å². The topological polar surface area (TPSA) is 138 Å². The molecule has 154 valence electrons. The second kappa shape index (κ2) is 9.05. The van der Waals surface area contributed by atoms with Crippen molar-refractivity contribution in [1.29, 1.82) is 5.26 Å². The summed E-state index contributed by atoms with van der Waals surface area (Å²) in [6.07, 6.45) is 4.60. The van der Waals surface area contributed by atoms with Crippen molar-refractivity contribution in [2.75, 3.05) is 25.1 Å². The van der Waals surface area contributed by atoms with Crippen LogP contribution in [0.2, 0.25) is 5.02 Å². The number of nitrogens with two attached hydrogens (primary N) is 1. The van der Waals surface area contributed by atoms with E-state index in [0.29, 0.717) is 29.1 Å². The molecular weight excluding hydrogens is 404 g/mol. The molecule has 0 aliphatic carbocycles. The van der Waals surface area contributed by atoms with Crippen molar-refractivity contribution in [1.82, 2.24) is 18.9 Å². The monoisotopic (exact) mass is 428 g/mol. The fourth-order valence-corrected chi connectivity index (χ4v) is 4.19. The van der Waals surface area contributed by atoms with E-state index in [1.165, 1.54) is 16.8 Å². The van der Waals surface area contributed by atoms with E-state index in [9.17, 15) is 13.7 Å². The highest BCUT2D eigenvalue weighted by Gasteiger charge is 2.24. The molecule has 3 heterocycles. The highest BCUT2D eigenvalue weighted by Crippen LogP contribution is 2.32. The number of nitrogen functional groups attached to an aromatic ring is 1. The molecule has 9 nitrogen and oxygen atoms in total. The Balaban J connectivity index is 0.000000221. The zero-order chi connectivity index (χ0) is 21.1. The Labute approximate surface area is 169 Å². The average Bonchev–Trinajstić information content (AvgIpc) is 2.92. The zero-order valence-corrected chi connectivity index (χ0v) is 17.7. The first-order chi connectivity index (χ1) is 13.1. The van der Waals surface area contributed by atoms with E-state index in [-0.39, 0.29) is 18.4 Å². The first kappa shape index (κ1) is 22.4. The predicted molar refractivity (Wildman–Crippen MR) is 107 cm³/mol. The second-order valence-corrected chi connectivity index (χ2v) is 9.19. The third-order valence-electron chi connectivity index (χ3n) is 4.70. The molecule has 2 aromatic rings. The average molecular weight is 429 g/mol. The molecule has 28 heavy (non-hydrogen) atoms. The lowest BCUT2D eigenvalue weighted by molar-refractivity contribution is 0.108. The summed E-state index contributed by atoms with van der Waals surface area (Å²) in [7, 11) is -3.09. The Bertz CT molecular complexity index is 985. The molecule has 0 saturated carbocycles. The number of aromatic nitrogens is 3. The molecule has 1 aliphatic heterocycles. The van der Waals surface area contributed by atoms with Crippen molar-refractivity contribution in [3.63, 3.8) is 0 Å². The molecule has 2 aromatic heterocycles. The van der Waals surface area contributed by atoms with Crippen LogP contribution in [0.4, 0.5) is 5.95 Å². The molecule has 0 amide bonds. The van der Waals surface area contributed by atoms with Crippen molar-refractivity contribution in [3.8, 4) is 6.07 Å². The smallest absolute Gasteiger partial charge is 0.238 e. The molecule has 0 spiro atoms. The van der Waals surface area contributed by atoms with Crippen LogP contribution in [0.1, 0.15) is 50.3 Å². The molecule has 0 aromatic carbocycles. The van der Waals surface area contributed by atoms with Crippen molar-refractivity contribution in [2.24, 2.45) is 0 Å². The number of hydrogen-bond donors (Lipinski definition) is 2. The van der Waals surface area contributed by atoms with Gasteiger partial charge in [-0.15, -0.1) is 5.10 Å². The molecule has 2 unspecified atom stereocenters. The minimum absolute atomic E-state index is 0.165. The van der Waals surface area contributed by atoms with Crippen LogP contribution >= 0.6 is 11.6 Å². The SMILES string of the molecule is CCC(C)c1c(C#N)c(Cl)c2cnc(N)nn12.CS(=O)(=O)N1CCCC(O)C1. The number of halogens is 1. The summed E-state index contributed by atoms with van der Waals surface area (Å²) in [6.45, 7) is 4.88. The molecule has 0 bridgehead atoms. The maximum atomic E-state index is 10.9. The standard InChI is InChI=1S/C11H12ClN5.C6H13NO3S/c1-3-6(2)10-7(4-13)9(12)8-5-15-11(14)16-17(8)10;1-11(9,10)7-4-2-3-6(8)5-7/h5-6H,3H2,1-2H3,(H2,14,16);6,8H,2-5H2,1H3. The van der Waals surface area contributed by atoms with Gasteiger partial charge in [-0.05, 0) is 25.2 Å². The normalized spacial score (nSPS) is 18.9. The number of aliphatic hydroxyl groups is 1. The van der Waals surface area contributed by atoms with E-state index >= 15 is 0 Å². The summed E-state index contributed by atoms with van der Waals surface area (Å²) in [5, 5.41) is 22.8. The third kappa shape index (κ3) is 4.91. The van der Waals surface area contributed by atoms with Crippen molar-refractivity contribution in [3.05, 3.63) is 22.5 Å². The Kier molecular flexibility index (Phi) is 7.22. The quantitative estimate of drug-likeness (QED) is 0.759. The van der Waals surface area contributed by atoms with Crippen LogP contribution < -0.4 is 5.73 Å². The van der Waals surface area contributed by atoms with Gasteiger partial charge < -0.3 is 10.8 Å². The lowest BCUT2D eigenvalue weighted by Crippen LogP contribution is -2.41. The van der Waals surface area contributed by atoms with Gasteiger partial charge in [-0.2, -0.15) is 9.57 Å². The van der Waals surface area contributed by atoms with Crippen LogP contribution in [0.3, 0.4) is 0 Å². The molecule has 1 saturated heterocycles. The van der Waals surface area contributed by atoms with Gasteiger partial charge in [0.25, 0.3) is 0 Å². The third-order valence-corrected chi connectivity index (χ3v) is 6.35. The molecule has 0 radical (unpaired) electrons. The maximum absolute atomic E-state index is 10.9. The molecule has 1 fully saturated rings. The van der Waals surface area contributed by atoms with Crippen LogP contribution in [0.15, 0.2) is 6.20 Å². The highest BCUT2D eigenvalue weighted by molar-refractivity contribution is 7.88. The summed E-state index contributed by atoms with van der Waals surface area (Å²) in [6, 6.07) is 2.13. The number of piperidine rings is 1.